The predicted octanol–water partition coefficient (Wildman–Crippen LogP) is 1.66. The van der Waals surface area contributed by atoms with Gasteiger partial charge in [0.05, 0.1) is 34.5 Å². The maximum atomic E-state index is 10.3. The van der Waals surface area contributed by atoms with E-state index in [9.17, 15) is 5.11 Å². The largest absolute Gasteiger partial charge is 0.493 e. The lowest BCUT2D eigenvalue weighted by Gasteiger charge is -2.14. The van der Waals surface area contributed by atoms with Crippen LogP contribution in [0.25, 0.3) is 0 Å². The van der Waals surface area contributed by atoms with Crippen LogP contribution >= 0.6 is 0 Å². The number of hydrogen-bond donors (Lipinski definition) is 0. The molecule has 1 aromatic carbocycles. The van der Waals surface area contributed by atoms with Crippen molar-refractivity contribution in [2.24, 2.45) is 0 Å². The molecule has 0 N–H and O–H groups in total. The van der Waals surface area contributed by atoms with Gasteiger partial charge in [-0.3, -0.25) is 0 Å². The topological polar surface area (TPSA) is 56.8 Å². The third-order valence-corrected chi connectivity index (χ3v) is 2.22. The first-order valence-electron chi connectivity index (χ1n) is 5.21. The van der Waals surface area contributed by atoms with E-state index in [2.05, 4.69) is 0 Å². The van der Waals surface area contributed by atoms with Gasteiger partial charge in [-0.15, -0.1) is 0 Å². The molecule has 5 heteroatoms. The fourth-order valence-electron chi connectivity index (χ4n) is 1.47. The van der Waals surface area contributed by atoms with Gasteiger partial charge in [0, 0.05) is 0 Å². The van der Waals surface area contributed by atoms with E-state index in [4.69, 9.17) is 18.9 Å². The summed E-state index contributed by atoms with van der Waals surface area (Å²) in [6.07, 6.45) is 0. The second kappa shape index (κ2) is 6.98. The Balaban J connectivity index is 2.92. The normalized spacial score (nSPS) is 10.1. The van der Waals surface area contributed by atoms with Crippen molar-refractivity contribution in [2.75, 3.05) is 34.5 Å². The molecule has 0 unspecified atom stereocenters. The van der Waals surface area contributed by atoms with Crippen LogP contribution in [0.2, 0.25) is 0 Å². The molecule has 0 saturated heterocycles. The van der Waals surface area contributed by atoms with Gasteiger partial charge >= 0.3 is 0 Å². The minimum absolute atomic E-state index is 0.191. The molecule has 0 atom stereocenters. The molecule has 0 aliphatic heterocycles. The highest BCUT2D eigenvalue weighted by molar-refractivity contribution is 5.53. The van der Waals surface area contributed by atoms with Crippen LogP contribution in [-0.4, -0.2) is 34.5 Å². The summed E-state index contributed by atoms with van der Waals surface area (Å²) in [5.74, 6) is 1.70. The number of methoxy groups -OCH3 is 3. The number of benzene rings is 1. The molecule has 0 amide bonds. The fraction of sp³-hybridized carbons (Fsp3) is 0.500. The molecule has 0 bridgehead atoms. The number of rotatable bonds is 7. The number of hydrogen-bond acceptors (Lipinski definition) is 4. The first-order valence-corrected chi connectivity index (χ1v) is 5.21. The standard InChI is InChI=1S/C12H17O5/c1-14-10-6-9(8-17-5-4-13)7-11(15-2)12(10)16-3/h6-7H,4-5,8H2,1-3H3. The minimum Gasteiger partial charge on any atom is -0.493 e. The third-order valence-electron chi connectivity index (χ3n) is 2.22. The molecule has 1 aromatic rings. The second-order valence-electron chi connectivity index (χ2n) is 3.29. The van der Waals surface area contributed by atoms with Gasteiger partial charge in [0.2, 0.25) is 5.75 Å². The molecular weight excluding hydrogens is 224 g/mol. The molecular formula is C12H17O5. The van der Waals surface area contributed by atoms with Crippen LogP contribution in [0.4, 0.5) is 0 Å². The van der Waals surface area contributed by atoms with Crippen LogP contribution in [-0.2, 0) is 16.5 Å². The Labute approximate surface area is 101 Å². The zero-order valence-corrected chi connectivity index (χ0v) is 10.3. The summed E-state index contributed by atoms with van der Waals surface area (Å²) >= 11 is 0. The third kappa shape index (κ3) is 3.51. The van der Waals surface area contributed by atoms with E-state index < -0.39 is 0 Å². The van der Waals surface area contributed by atoms with Gasteiger partial charge in [0.1, 0.15) is 6.61 Å². The second-order valence-corrected chi connectivity index (χ2v) is 3.29. The van der Waals surface area contributed by atoms with E-state index in [1.807, 2.05) is 0 Å². The van der Waals surface area contributed by atoms with Crippen molar-refractivity contribution < 1.29 is 24.1 Å². The highest BCUT2D eigenvalue weighted by Gasteiger charge is 2.12. The molecule has 0 aliphatic carbocycles. The van der Waals surface area contributed by atoms with E-state index >= 15 is 0 Å². The van der Waals surface area contributed by atoms with Crippen LogP contribution in [0.3, 0.4) is 0 Å². The lowest BCUT2D eigenvalue weighted by Crippen LogP contribution is -2.01. The first kappa shape index (κ1) is 13.6. The summed E-state index contributed by atoms with van der Waals surface area (Å²) in [5, 5.41) is 10.3. The molecule has 5 nitrogen and oxygen atoms in total. The van der Waals surface area contributed by atoms with Crippen LogP contribution in [0.1, 0.15) is 5.56 Å². The van der Waals surface area contributed by atoms with Gasteiger partial charge in [-0.05, 0) is 17.7 Å². The van der Waals surface area contributed by atoms with Crippen LogP contribution < -0.4 is 14.2 Å². The van der Waals surface area contributed by atoms with Crippen molar-refractivity contribution in [1.82, 2.24) is 0 Å². The molecule has 0 aliphatic rings. The summed E-state index contributed by atoms with van der Waals surface area (Å²) in [4.78, 5) is 0. The molecule has 1 rings (SSSR count). The predicted molar refractivity (Wildman–Crippen MR) is 61.3 cm³/mol. The smallest absolute Gasteiger partial charge is 0.203 e. The molecule has 0 spiro atoms. The van der Waals surface area contributed by atoms with Crippen molar-refractivity contribution in [3.63, 3.8) is 0 Å². The fourth-order valence-corrected chi connectivity index (χ4v) is 1.47. The summed E-state index contributed by atoms with van der Waals surface area (Å²) < 4.78 is 20.8. The lowest BCUT2D eigenvalue weighted by molar-refractivity contribution is 0.0549. The van der Waals surface area contributed by atoms with Crippen molar-refractivity contribution in [3.05, 3.63) is 17.7 Å². The summed E-state index contributed by atoms with van der Waals surface area (Å²) in [7, 11) is 4.66. The van der Waals surface area contributed by atoms with Crippen molar-refractivity contribution >= 4 is 0 Å². The Morgan fingerprint density at radius 1 is 1.00 bits per heavy atom. The van der Waals surface area contributed by atoms with Gasteiger partial charge in [0.25, 0.3) is 0 Å². The zero-order valence-electron chi connectivity index (χ0n) is 10.3. The lowest BCUT2D eigenvalue weighted by atomic mass is 10.2. The number of ether oxygens (including phenoxy) is 4. The molecule has 1 radical (unpaired) electrons. The average molecular weight is 241 g/mol. The zero-order chi connectivity index (χ0) is 12.7. The van der Waals surface area contributed by atoms with E-state index in [1.54, 1.807) is 33.5 Å². The monoisotopic (exact) mass is 241 g/mol. The van der Waals surface area contributed by atoms with Gasteiger partial charge < -0.3 is 18.9 Å². The summed E-state index contributed by atoms with van der Waals surface area (Å²) in [6, 6.07) is 3.60. The molecule has 0 aromatic heterocycles. The summed E-state index contributed by atoms with van der Waals surface area (Å²) in [6.45, 7) is 0.292. The van der Waals surface area contributed by atoms with Gasteiger partial charge in [0.15, 0.2) is 11.5 Å². The Morgan fingerprint density at radius 2 is 1.59 bits per heavy atom. The molecule has 0 fully saturated rings. The van der Waals surface area contributed by atoms with E-state index in [-0.39, 0.29) is 13.2 Å². The average Bonchev–Trinajstić information content (AvgIpc) is 2.37. The maximum absolute atomic E-state index is 10.3. The van der Waals surface area contributed by atoms with E-state index in [1.165, 1.54) is 0 Å². The van der Waals surface area contributed by atoms with Gasteiger partial charge in [-0.1, -0.05) is 0 Å². The van der Waals surface area contributed by atoms with Crippen LogP contribution in [0.5, 0.6) is 17.2 Å². The molecule has 0 saturated carbocycles. The van der Waals surface area contributed by atoms with E-state index in [0.29, 0.717) is 23.9 Å². The molecule has 0 heterocycles. The Morgan fingerprint density at radius 3 is 2.00 bits per heavy atom. The Kier molecular flexibility index (Phi) is 5.59. The van der Waals surface area contributed by atoms with Crippen molar-refractivity contribution in [1.29, 1.82) is 0 Å². The van der Waals surface area contributed by atoms with Crippen molar-refractivity contribution in [3.8, 4) is 17.2 Å². The minimum atomic E-state index is -0.246. The SMILES string of the molecule is COc1cc(COCC[O])cc(OC)c1OC. The van der Waals surface area contributed by atoms with Gasteiger partial charge in [-0.25, -0.2) is 5.11 Å². The van der Waals surface area contributed by atoms with Crippen LogP contribution in [0.15, 0.2) is 12.1 Å². The quantitative estimate of drug-likeness (QED) is 0.681. The molecule has 95 valence electrons. The maximum Gasteiger partial charge on any atom is 0.203 e. The first-order chi connectivity index (χ1) is 8.26. The van der Waals surface area contributed by atoms with Crippen LogP contribution in [0, 0.1) is 0 Å². The van der Waals surface area contributed by atoms with Gasteiger partial charge in [-0.2, -0.15) is 0 Å². The van der Waals surface area contributed by atoms with E-state index in [0.717, 1.165) is 5.56 Å². The Bertz CT molecular complexity index is 326. The highest BCUT2D eigenvalue weighted by atomic mass is 16.5. The Hall–Kier alpha value is -1.46. The highest BCUT2D eigenvalue weighted by Crippen LogP contribution is 2.38. The molecule has 17 heavy (non-hydrogen) atoms. The van der Waals surface area contributed by atoms with Crippen molar-refractivity contribution in [2.45, 2.75) is 6.61 Å². The summed E-state index contributed by atoms with van der Waals surface area (Å²) in [5.41, 5.74) is 0.868.